The van der Waals surface area contributed by atoms with Crippen LogP contribution >= 0.6 is 0 Å². The zero-order valence-corrected chi connectivity index (χ0v) is 13.1. The second-order valence-corrected chi connectivity index (χ2v) is 5.30. The summed E-state index contributed by atoms with van der Waals surface area (Å²) in [5.41, 5.74) is 3.28. The van der Waals surface area contributed by atoms with Gasteiger partial charge in [-0.25, -0.2) is 0 Å². The fourth-order valence-electron chi connectivity index (χ4n) is 2.68. The maximum absolute atomic E-state index is 12.4. The number of aryl methyl sites for hydroxylation is 1. The van der Waals surface area contributed by atoms with Crippen molar-refractivity contribution in [1.29, 1.82) is 0 Å². The van der Waals surface area contributed by atoms with E-state index in [0.717, 1.165) is 22.9 Å². The molecule has 0 atom stereocenters. The van der Waals surface area contributed by atoms with Gasteiger partial charge in [-0.15, -0.1) is 0 Å². The molecule has 5 heteroatoms. The number of rotatable bonds is 7. The van der Waals surface area contributed by atoms with Crippen LogP contribution in [0.15, 0.2) is 24.4 Å². The maximum Gasteiger partial charge on any atom is 0.305 e. The van der Waals surface area contributed by atoms with Crippen LogP contribution in [0.2, 0.25) is 0 Å². The predicted molar refractivity (Wildman–Crippen MR) is 85.9 cm³/mol. The summed E-state index contributed by atoms with van der Waals surface area (Å²) >= 11 is 0. The molecule has 2 N–H and O–H groups in total. The Hall–Kier alpha value is -2.30. The highest BCUT2D eigenvalue weighted by Crippen LogP contribution is 2.23. The van der Waals surface area contributed by atoms with Crippen molar-refractivity contribution >= 4 is 22.8 Å². The molecule has 0 aliphatic heterocycles. The molecule has 1 aromatic carbocycles. The van der Waals surface area contributed by atoms with E-state index in [4.69, 9.17) is 5.11 Å². The molecule has 1 aromatic heterocycles. The van der Waals surface area contributed by atoms with Crippen molar-refractivity contribution in [3.8, 4) is 0 Å². The van der Waals surface area contributed by atoms with Gasteiger partial charge in [0.15, 0.2) is 0 Å². The fourth-order valence-corrected chi connectivity index (χ4v) is 2.68. The fraction of sp³-hybridized carbons (Fsp3) is 0.412. The molecule has 0 saturated heterocycles. The molecule has 0 spiro atoms. The standard InChI is InChI=1S/C17H22N2O3/c1-3-12-6-5-7-14-13(11-18-17(12)14)10-15(20)19(4-2)9-8-16(21)22/h5-7,11,18H,3-4,8-10H2,1-2H3,(H,21,22). The van der Waals surface area contributed by atoms with Gasteiger partial charge in [-0.2, -0.15) is 0 Å². The molecule has 0 fully saturated rings. The van der Waals surface area contributed by atoms with E-state index < -0.39 is 5.97 Å². The van der Waals surface area contributed by atoms with Crippen molar-refractivity contribution in [1.82, 2.24) is 9.88 Å². The van der Waals surface area contributed by atoms with Crippen molar-refractivity contribution in [2.75, 3.05) is 13.1 Å². The second-order valence-electron chi connectivity index (χ2n) is 5.30. The molecular formula is C17H22N2O3. The molecule has 2 rings (SSSR count). The lowest BCUT2D eigenvalue weighted by molar-refractivity contribution is -0.138. The number of nitrogens with one attached hydrogen (secondary N) is 1. The lowest BCUT2D eigenvalue weighted by atomic mass is 10.1. The highest BCUT2D eigenvalue weighted by molar-refractivity contribution is 5.90. The summed E-state index contributed by atoms with van der Waals surface area (Å²) < 4.78 is 0. The van der Waals surface area contributed by atoms with Crippen LogP contribution in [0, 0.1) is 0 Å². The first-order chi connectivity index (χ1) is 10.6. The number of carbonyl (C=O) groups is 2. The molecular weight excluding hydrogens is 280 g/mol. The van der Waals surface area contributed by atoms with Crippen molar-refractivity contribution in [2.45, 2.75) is 33.1 Å². The van der Waals surface area contributed by atoms with E-state index in [-0.39, 0.29) is 18.9 Å². The third-order valence-electron chi connectivity index (χ3n) is 3.94. The summed E-state index contributed by atoms with van der Waals surface area (Å²) in [6.45, 7) is 4.75. The number of para-hydroxylation sites is 1. The van der Waals surface area contributed by atoms with Crippen LogP contribution in [0.5, 0.6) is 0 Å². The average molecular weight is 302 g/mol. The van der Waals surface area contributed by atoms with E-state index in [1.54, 1.807) is 4.90 Å². The van der Waals surface area contributed by atoms with Gasteiger partial charge >= 0.3 is 5.97 Å². The first-order valence-electron chi connectivity index (χ1n) is 7.64. The normalized spacial score (nSPS) is 10.8. The molecule has 0 radical (unpaired) electrons. The predicted octanol–water partition coefficient (Wildman–Crippen LogP) is 2.60. The number of nitrogens with zero attached hydrogens (tertiary/aromatic N) is 1. The van der Waals surface area contributed by atoms with E-state index in [2.05, 4.69) is 18.0 Å². The summed E-state index contributed by atoms with van der Waals surface area (Å²) in [5.74, 6) is -0.919. The summed E-state index contributed by atoms with van der Waals surface area (Å²) in [6.07, 6.45) is 3.09. The van der Waals surface area contributed by atoms with Gasteiger partial charge in [0.1, 0.15) is 0 Å². The maximum atomic E-state index is 12.4. The number of carbonyl (C=O) groups excluding carboxylic acids is 1. The Morgan fingerprint density at radius 1 is 1.23 bits per heavy atom. The number of benzene rings is 1. The number of H-pyrrole nitrogens is 1. The van der Waals surface area contributed by atoms with Gasteiger partial charge < -0.3 is 15.0 Å². The molecule has 0 aliphatic rings. The van der Waals surface area contributed by atoms with Gasteiger partial charge in [0.2, 0.25) is 5.91 Å². The number of carboxylic acid groups (broad SMARTS) is 1. The number of aromatic nitrogens is 1. The number of amides is 1. The smallest absolute Gasteiger partial charge is 0.305 e. The van der Waals surface area contributed by atoms with E-state index >= 15 is 0 Å². The summed E-state index contributed by atoms with van der Waals surface area (Å²) in [6, 6.07) is 6.10. The van der Waals surface area contributed by atoms with Crippen molar-refractivity contribution in [2.24, 2.45) is 0 Å². The van der Waals surface area contributed by atoms with Crippen molar-refractivity contribution in [3.05, 3.63) is 35.5 Å². The Kier molecular flexibility index (Phi) is 5.20. The Morgan fingerprint density at radius 3 is 2.64 bits per heavy atom. The Morgan fingerprint density at radius 2 is 2.00 bits per heavy atom. The average Bonchev–Trinajstić information content (AvgIpc) is 2.90. The number of aromatic amines is 1. The van der Waals surface area contributed by atoms with E-state index in [1.807, 2.05) is 25.3 Å². The van der Waals surface area contributed by atoms with Gasteiger partial charge in [0.25, 0.3) is 0 Å². The van der Waals surface area contributed by atoms with Gasteiger partial charge in [-0.1, -0.05) is 25.1 Å². The first-order valence-corrected chi connectivity index (χ1v) is 7.64. The number of aliphatic carboxylic acids is 1. The Bertz CT molecular complexity index is 676. The number of likely N-dealkylation sites (N-methyl/N-ethyl adjacent to an activating group) is 1. The van der Waals surface area contributed by atoms with Gasteiger partial charge in [-0.3, -0.25) is 9.59 Å². The number of fused-ring (bicyclic) bond motifs is 1. The molecule has 1 heterocycles. The van der Waals surface area contributed by atoms with Crippen molar-refractivity contribution in [3.63, 3.8) is 0 Å². The molecule has 22 heavy (non-hydrogen) atoms. The lowest BCUT2D eigenvalue weighted by Crippen LogP contribution is -2.33. The van der Waals surface area contributed by atoms with Crippen LogP contribution in [-0.4, -0.2) is 40.0 Å². The largest absolute Gasteiger partial charge is 0.481 e. The first kappa shape index (κ1) is 16.1. The number of hydrogen-bond acceptors (Lipinski definition) is 2. The van der Waals surface area contributed by atoms with Crippen molar-refractivity contribution < 1.29 is 14.7 Å². The second kappa shape index (κ2) is 7.11. The number of carboxylic acids is 1. The minimum absolute atomic E-state index is 0.0204. The van der Waals surface area contributed by atoms with Crippen LogP contribution in [0.1, 0.15) is 31.4 Å². The van der Waals surface area contributed by atoms with Crippen LogP contribution in [0.4, 0.5) is 0 Å². The molecule has 0 bridgehead atoms. The molecule has 118 valence electrons. The molecule has 5 nitrogen and oxygen atoms in total. The zero-order chi connectivity index (χ0) is 16.1. The van der Waals surface area contributed by atoms with Crippen LogP contribution < -0.4 is 0 Å². The Balaban J connectivity index is 2.16. The van der Waals surface area contributed by atoms with Crippen LogP contribution in [-0.2, 0) is 22.4 Å². The summed E-state index contributed by atoms with van der Waals surface area (Å²) in [5, 5.41) is 9.82. The lowest BCUT2D eigenvalue weighted by Gasteiger charge is -2.19. The summed E-state index contributed by atoms with van der Waals surface area (Å²) in [4.78, 5) is 27.9. The Labute approximate surface area is 129 Å². The molecule has 0 unspecified atom stereocenters. The minimum atomic E-state index is -0.883. The van der Waals surface area contributed by atoms with E-state index in [1.165, 1.54) is 5.56 Å². The highest BCUT2D eigenvalue weighted by atomic mass is 16.4. The van der Waals surface area contributed by atoms with Gasteiger partial charge in [-0.05, 0) is 24.5 Å². The van der Waals surface area contributed by atoms with E-state index in [0.29, 0.717) is 13.0 Å². The molecule has 0 saturated carbocycles. The monoisotopic (exact) mass is 302 g/mol. The third kappa shape index (κ3) is 3.47. The van der Waals surface area contributed by atoms with Crippen LogP contribution in [0.25, 0.3) is 10.9 Å². The third-order valence-corrected chi connectivity index (χ3v) is 3.94. The minimum Gasteiger partial charge on any atom is -0.481 e. The summed E-state index contributed by atoms with van der Waals surface area (Å²) in [7, 11) is 0. The zero-order valence-electron chi connectivity index (χ0n) is 13.1. The highest BCUT2D eigenvalue weighted by Gasteiger charge is 2.16. The van der Waals surface area contributed by atoms with Crippen LogP contribution in [0.3, 0.4) is 0 Å². The topological polar surface area (TPSA) is 73.4 Å². The van der Waals surface area contributed by atoms with Gasteiger partial charge in [0, 0.05) is 30.2 Å². The molecule has 2 aromatic rings. The SMILES string of the molecule is CCc1cccc2c(CC(=O)N(CC)CCC(=O)O)c[nH]c12. The van der Waals surface area contributed by atoms with E-state index in [9.17, 15) is 9.59 Å². The van der Waals surface area contributed by atoms with Gasteiger partial charge in [0.05, 0.1) is 12.8 Å². The molecule has 1 amide bonds. The number of hydrogen-bond donors (Lipinski definition) is 2. The molecule has 0 aliphatic carbocycles. The quantitative estimate of drug-likeness (QED) is 0.825.